The SMILES string of the molecule is CC(C)C(N)c1nc(-c2cccc3c2OCO3)no1. The summed E-state index contributed by atoms with van der Waals surface area (Å²) in [5, 5.41) is 3.97. The predicted molar refractivity (Wildman–Crippen MR) is 67.6 cm³/mol. The van der Waals surface area contributed by atoms with Gasteiger partial charge in [0.1, 0.15) is 0 Å². The zero-order chi connectivity index (χ0) is 13.4. The number of hydrogen-bond acceptors (Lipinski definition) is 6. The van der Waals surface area contributed by atoms with E-state index in [0.29, 0.717) is 23.2 Å². The summed E-state index contributed by atoms with van der Waals surface area (Å²) < 4.78 is 16.0. The Morgan fingerprint density at radius 1 is 1.26 bits per heavy atom. The quantitative estimate of drug-likeness (QED) is 0.911. The number of ether oxygens (including phenoxy) is 2. The molecule has 0 radical (unpaired) electrons. The maximum Gasteiger partial charge on any atom is 0.244 e. The fourth-order valence-corrected chi connectivity index (χ4v) is 1.87. The van der Waals surface area contributed by atoms with Gasteiger partial charge in [0, 0.05) is 0 Å². The maximum atomic E-state index is 5.99. The molecule has 2 aromatic rings. The first-order valence-corrected chi connectivity index (χ1v) is 6.15. The predicted octanol–water partition coefficient (Wildman–Crippen LogP) is 2.12. The molecule has 0 saturated carbocycles. The van der Waals surface area contributed by atoms with E-state index in [9.17, 15) is 0 Å². The number of hydrogen-bond donors (Lipinski definition) is 1. The van der Waals surface area contributed by atoms with Gasteiger partial charge in [-0.05, 0) is 18.1 Å². The van der Waals surface area contributed by atoms with Gasteiger partial charge < -0.3 is 19.7 Å². The topological polar surface area (TPSA) is 83.4 Å². The van der Waals surface area contributed by atoms with Crippen LogP contribution in [0.1, 0.15) is 25.8 Å². The third-order valence-electron chi connectivity index (χ3n) is 3.08. The molecule has 1 aliphatic heterocycles. The number of aromatic nitrogens is 2. The minimum absolute atomic E-state index is 0.211. The second kappa shape index (κ2) is 4.55. The van der Waals surface area contributed by atoms with Gasteiger partial charge in [-0.2, -0.15) is 4.98 Å². The molecule has 1 atom stereocenters. The molecule has 1 unspecified atom stereocenters. The van der Waals surface area contributed by atoms with Crippen LogP contribution < -0.4 is 15.2 Å². The van der Waals surface area contributed by atoms with Crippen molar-refractivity contribution in [1.82, 2.24) is 10.1 Å². The Kier molecular flexibility index (Phi) is 2.87. The van der Waals surface area contributed by atoms with E-state index in [1.165, 1.54) is 0 Å². The monoisotopic (exact) mass is 261 g/mol. The number of nitrogens with two attached hydrogens (primary N) is 1. The fraction of sp³-hybridized carbons (Fsp3) is 0.385. The number of rotatable bonds is 3. The first kappa shape index (κ1) is 12.0. The summed E-state index contributed by atoms with van der Waals surface area (Å²) in [6, 6.07) is 5.30. The van der Waals surface area contributed by atoms with Crippen LogP contribution in [-0.2, 0) is 0 Å². The molecule has 6 nitrogen and oxygen atoms in total. The molecular weight excluding hydrogens is 246 g/mol. The first-order chi connectivity index (χ1) is 9.16. The van der Waals surface area contributed by atoms with E-state index in [2.05, 4.69) is 10.1 Å². The highest BCUT2D eigenvalue weighted by atomic mass is 16.7. The molecule has 1 aliphatic rings. The largest absolute Gasteiger partial charge is 0.454 e. The third kappa shape index (κ3) is 2.04. The number of para-hydroxylation sites is 1. The number of fused-ring (bicyclic) bond motifs is 1. The van der Waals surface area contributed by atoms with Crippen molar-refractivity contribution in [2.24, 2.45) is 11.7 Å². The summed E-state index contributed by atoms with van der Waals surface area (Å²) in [5.41, 5.74) is 6.74. The molecule has 1 aromatic carbocycles. The normalized spacial score (nSPS) is 14.9. The average Bonchev–Trinajstić information content (AvgIpc) is 3.06. The molecule has 0 bridgehead atoms. The minimum Gasteiger partial charge on any atom is -0.454 e. The highest BCUT2D eigenvalue weighted by Gasteiger charge is 2.23. The molecule has 2 heterocycles. The zero-order valence-electron chi connectivity index (χ0n) is 10.8. The van der Waals surface area contributed by atoms with Crippen LogP contribution >= 0.6 is 0 Å². The molecule has 0 saturated heterocycles. The molecule has 0 spiro atoms. The fourth-order valence-electron chi connectivity index (χ4n) is 1.87. The van der Waals surface area contributed by atoms with Gasteiger partial charge >= 0.3 is 0 Å². The first-order valence-electron chi connectivity index (χ1n) is 6.15. The van der Waals surface area contributed by atoms with Crippen LogP contribution in [-0.4, -0.2) is 16.9 Å². The molecule has 0 fully saturated rings. The summed E-state index contributed by atoms with van der Waals surface area (Å²) in [6.07, 6.45) is 0. The maximum absolute atomic E-state index is 5.99. The van der Waals surface area contributed by atoms with Crippen molar-refractivity contribution in [2.45, 2.75) is 19.9 Å². The Labute approximate surface area is 110 Å². The van der Waals surface area contributed by atoms with E-state index in [1.807, 2.05) is 32.0 Å². The van der Waals surface area contributed by atoms with E-state index < -0.39 is 0 Å². The third-order valence-corrected chi connectivity index (χ3v) is 3.08. The molecule has 100 valence electrons. The number of nitrogens with zero attached hydrogens (tertiary/aromatic N) is 2. The summed E-state index contributed by atoms with van der Waals surface area (Å²) in [4.78, 5) is 4.34. The molecule has 1 aromatic heterocycles. The second-order valence-corrected chi connectivity index (χ2v) is 4.77. The van der Waals surface area contributed by atoms with Gasteiger partial charge in [-0.3, -0.25) is 0 Å². The Morgan fingerprint density at radius 3 is 2.89 bits per heavy atom. The van der Waals surface area contributed by atoms with E-state index in [0.717, 1.165) is 5.56 Å². The van der Waals surface area contributed by atoms with Gasteiger partial charge in [0.2, 0.25) is 18.5 Å². The van der Waals surface area contributed by atoms with Crippen LogP contribution in [0.5, 0.6) is 11.5 Å². The molecule has 19 heavy (non-hydrogen) atoms. The Bertz CT molecular complexity index is 595. The molecule has 0 aliphatic carbocycles. The lowest BCUT2D eigenvalue weighted by Gasteiger charge is -2.09. The molecule has 0 amide bonds. The summed E-state index contributed by atoms with van der Waals surface area (Å²) in [7, 11) is 0. The Morgan fingerprint density at radius 2 is 2.11 bits per heavy atom. The van der Waals surface area contributed by atoms with Gasteiger partial charge in [0.05, 0.1) is 11.6 Å². The van der Waals surface area contributed by atoms with Gasteiger partial charge in [0.15, 0.2) is 11.5 Å². The smallest absolute Gasteiger partial charge is 0.244 e. The summed E-state index contributed by atoms with van der Waals surface area (Å²) in [5.74, 6) is 2.47. The van der Waals surface area contributed by atoms with Crippen LogP contribution in [0.2, 0.25) is 0 Å². The lowest BCUT2D eigenvalue weighted by molar-refractivity contribution is 0.174. The molecule has 6 heteroatoms. The van der Waals surface area contributed by atoms with Crippen LogP contribution in [0.15, 0.2) is 22.7 Å². The minimum atomic E-state index is -0.268. The Hall–Kier alpha value is -2.08. The van der Waals surface area contributed by atoms with Gasteiger partial charge in [-0.25, -0.2) is 0 Å². The highest BCUT2D eigenvalue weighted by Crippen LogP contribution is 2.40. The van der Waals surface area contributed by atoms with E-state index in [4.69, 9.17) is 19.7 Å². The van der Waals surface area contributed by atoms with E-state index >= 15 is 0 Å². The van der Waals surface area contributed by atoms with Crippen molar-refractivity contribution in [3.05, 3.63) is 24.1 Å². The van der Waals surface area contributed by atoms with Crippen molar-refractivity contribution in [3.8, 4) is 22.9 Å². The zero-order valence-corrected chi connectivity index (χ0v) is 10.8. The average molecular weight is 261 g/mol. The summed E-state index contributed by atoms with van der Waals surface area (Å²) in [6.45, 7) is 4.22. The van der Waals surface area contributed by atoms with Crippen molar-refractivity contribution in [2.75, 3.05) is 6.79 Å². The van der Waals surface area contributed by atoms with Crippen LogP contribution in [0.3, 0.4) is 0 Å². The van der Waals surface area contributed by atoms with Crippen molar-refractivity contribution in [1.29, 1.82) is 0 Å². The van der Waals surface area contributed by atoms with E-state index in [1.54, 1.807) is 0 Å². The van der Waals surface area contributed by atoms with Gasteiger partial charge in [-0.15, -0.1) is 0 Å². The standard InChI is InChI=1S/C13H15N3O3/c1-7(2)10(14)13-15-12(16-19-13)8-4-3-5-9-11(8)18-6-17-9/h3-5,7,10H,6,14H2,1-2H3. The van der Waals surface area contributed by atoms with E-state index in [-0.39, 0.29) is 18.8 Å². The Balaban J connectivity index is 1.98. The van der Waals surface area contributed by atoms with Crippen molar-refractivity contribution in [3.63, 3.8) is 0 Å². The van der Waals surface area contributed by atoms with Crippen molar-refractivity contribution < 1.29 is 14.0 Å². The van der Waals surface area contributed by atoms with Gasteiger partial charge in [-0.1, -0.05) is 25.1 Å². The molecular formula is C13H15N3O3. The second-order valence-electron chi connectivity index (χ2n) is 4.77. The summed E-state index contributed by atoms with van der Waals surface area (Å²) >= 11 is 0. The molecule has 2 N–H and O–H groups in total. The molecule has 3 rings (SSSR count). The van der Waals surface area contributed by atoms with Crippen LogP contribution in [0, 0.1) is 5.92 Å². The van der Waals surface area contributed by atoms with Crippen molar-refractivity contribution >= 4 is 0 Å². The lowest BCUT2D eigenvalue weighted by atomic mass is 10.1. The van der Waals surface area contributed by atoms with Crippen LogP contribution in [0.4, 0.5) is 0 Å². The number of benzene rings is 1. The van der Waals surface area contributed by atoms with Gasteiger partial charge in [0.25, 0.3) is 0 Å². The lowest BCUT2D eigenvalue weighted by Crippen LogP contribution is -2.16. The van der Waals surface area contributed by atoms with Crippen LogP contribution in [0.25, 0.3) is 11.4 Å². The highest BCUT2D eigenvalue weighted by molar-refractivity contribution is 5.69.